The molecule has 1 N–H and O–H groups in total. The fraction of sp³-hybridized carbons (Fsp3) is 1.00. The summed E-state index contributed by atoms with van der Waals surface area (Å²) < 4.78 is 0. The number of hydrogen-bond donors (Lipinski definition) is 1. The molecular formula is C8H15N. The van der Waals surface area contributed by atoms with E-state index in [1.54, 1.807) is 0 Å². The van der Waals surface area contributed by atoms with E-state index in [-0.39, 0.29) is 0 Å². The Hall–Kier alpha value is -0.0400. The maximum absolute atomic E-state index is 3.69. The highest BCUT2D eigenvalue weighted by Gasteiger charge is 2.47. The molecular weight excluding hydrogens is 110 g/mol. The summed E-state index contributed by atoms with van der Waals surface area (Å²) in [6.45, 7) is 2.28. The quantitative estimate of drug-likeness (QED) is 0.562. The summed E-state index contributed by atoms with van der Waals surface area (Å²) in [4.78, 5) is 0. The minimum absolute atomic E-state index is 0.667. The molecule has 1 spiro atoms. The van der Waals surface area contributed by atoms with Crippen molar-refractivity contribution in [3.8, 4) is 0 Å². The van der Waals surface area contributed by atoms with Gasteiger partial charge in [-0.15, -0.1) is 0 Å². The van der Waals surface area contributed by atoms with E-state index in [0.29, 0.717) is 5.54 Å². The summed E-state index contributed by atoms with van der Waals surface area (Å²) in [5.74, 6) is 0. The maximum Gasteiger partial charge on any atom is 0.0186 e. The van der Waals surface area contributed by atoms with Crippen molar-refractivity contribution >= 4 is 0 Å². The SMILES string of the molecule is CC[C@@H]1CCC2(CC2)N1. The molecule has 0 aromatic rings. The smallest absolute Gasteiger partial charge is 0.0186 e. The Morgan fingerprint density at radius 1 is 1.44 bits per heavy atom. The average molecular weight is 125 g/mol. The summed E-state index contributed by atoms with van der Waals surface area (Å²) in [7, 11) is 0. The normalized spacial score (nSPS) is 37.7. The van der Waals surface area contributed by atoms with E-state index >= 15 is 0 Å². The summed E-state index contributed by atoms with van der Waals surface area (Å²) in [6, 6.07) is 0.854. The minimum atomic E-state index is 0.667. The molecule has 0 bridgehead atoms. The molecule has 1 aliphatic heterocycles. The van der Waals surface area contributed by atoms with E-state index in [1.807, 2.05) is 0 Å². The third-order valence-electron chi connectivity index (χ3n) is 2.83. The molecule has 2 fully saturated rings. The van der Waals surface area contributed by atoms with Gasteiger partial charge in [-0.1, -0.05) is 6.92 Å². The van der Waals surface area contributed by atoms with Gasteiger partial charge in [-0.05, 0) is 32.1 Å². The highest BCUT2D eigenvalue weighted by Crippen LogP contribution is 2.44. The summed E-state index contributed by atoms with van der Waals surface area (Å²) >= 11 is 0. The molecule has 2 rings (SSSR count). The Labute approximate surface area is 56.8 Å². The molecule has 1 heteroatoms. The van der Waals surface area contributed by atoms with Gasteiger partial charge in [0.25, 0.3) is 0 Å². The lowest BCUT2D eigenvalue weighted by Crippen LogP contribution is -2.29. The summed E-state index contributed by atoms with van der Waals surface area (Å²) in [5, 5.41) is 3.69. The van der Waals surface area contributed by atoms with Crippen molar-refractivity contribution in [3.63, 3.8) is 0 Å². The van der Waals surface area contributed by atoms with Crippen LogP contribution in [0.2, 0.25) is 0 Å². The van der Waals surface area contributed by atoms with Crippen LogP contribution in [-0.2, 0) is 0 Å². The topological polar surface area (TPSA) is 12.0 Å². The van der Waals surface area contributed by atoms with E-state index in [2.05, 4.69) is 12.2 Å². The second kappa shape index (κ2) is 1.72. The van der Waals surface area contributed by atoms with Crippen LogP contribution in [0.25, 0.3) is 0 Å². The second-order valence-corrected chi connectivity index (χ2v) is 3.57. The van der Waals surface area contributed by atoms with Gasteiger partial charge in [0.15, 0.2) is 0 Å². The third kappa shape index (κ3) is 0.877. The van der Waals surface area contributed by atoms with Crippen molar-refractivity contribution < 1.29 is 0 Å². The van der Waals surface area contributed by atoms with E-state index in [1.165, 1.54) is 32.1 Å². The van der Waals surface area contributed by atoms with Crippen LogP contribution in [0.4, 0.5) is 0 Å². The number of nitrogens with one attached hydrogen (secondary N) is 1. The van der Waals surface area contributed by atoms with Gasteiger partial charge in [0.1, 0.15) is 0 Å². The molecule has 9 heavy (non-hydrogen) atoms. The molecule has 0 radical (unpaired) electrons. The minimum Gasteiger partial charge on any atom is -0.309 e. The zero-order chi connectivity index (χ0) is 6.32. The molecule has 0 aromatic heterocycles. The lowest BCUT2D eigenvalue weighted by Gasteiger charge is -2.09. The second-order valence-electron chi connectivity index (χ2n) is 3.57. The fourth-order valence-corrected chi connectivity index (χ4v) is 1.88. The Kier molecular flexibility index (Phi) is 1.10. The van der Waals surface area contributed by atoms with Crippen LogP contribution < -0.4 is 5.32 Å². The van der Waals surface area contributed by atoms with Gasteiger partial charge in [-0.25, -0.2) is 0 Å². The Morgan fingerprint density at radius 3 is 2.56 bits per heavy atom. The van der Waals surface area contributed by atoms with E-state index in [9.17, 15) is 0 Å². The van der Waals surface area contributed by atoms with Crippen molar-refractivity contribution in [1.82, 2.24) is 5.32 Å². The highest BCUT2D eigenvalue weighted by molar-refractivity contribution is 5.07. The molecule has 0 amide bonds. The van der Waals surface area contributed by atoms with Crippen LogP contribution in [0.5, 0.6) is 0 Å². The van der Waals surface area contributed by atoms with Crippen molar-refractivity contribution in [1.29, 1.82) is 0 Å². The Morgan fingerprint density at radius 2 is 2.22 bits per heavy atom. The van der Waals surface area contributed by atoms with E-state index < -0.39 is 0 Å². The first-order valence-corrected chi connectivity index (χ1v) is 4.12. The largest absolute Gasteiger partial charge is 0.309 e. The lowest BCUT2D eigenvalue weighted by atomic mass is 10.1. The molecule has 2 aliphatic rings. The standard InChI is InChI=1S/C8H15N/c1-2-7-3-4-8(9-7)5-6-8/h7,9H,2-6H2,1H3/t7-/m1/s1. The molecule has 1 aliphatic carbocycles. The first-order valence-electron chi connectivity index (χ1n) is 4.12. The Balaban J connectivity index is 1.93. The molecule has 0 unspecified atom stereocenters. The molecule has 0 aromatic carbocycles. The lowest BCUT2D eigenvalue weighted by molar-refractivity contribution is 0.518. The van der Waals surface area contributed by atoms with Crippen molar-refractivity contribution in [2.45, 2.75) is 50.6 Å². The van der Waals surface area contributed by atoms with Gasteiger partial charge < -0.3 is 5.32 Å². The van der Waals surface area contributed by atoms with Gasteiger partial charge in [-0.2, -0.15) is 0 Å². The Bertz CT molecular complexity index is 116. The molecule has 52 valence electrons. The van der Waals surface area contributed by atoms with E-state index in [4.69, 9.17) is 0 Å². The van der Waals surface area contributed by atoms with Gasteiger partial charge in [0, 0.05) is 11.6 Å². The average Bonchev–Trinajstić information content (AvgIpc) is 2.44. The van der Waals surface area contributed by atoms with Gasteiger partial charge in [-0.3, -0.25) is 0 Å². The summed E-state index contributed by atoms with van der Waals surface area (Å²) in [5.41, 5.74) is 0.667. The molecule has 1 atom stereocenters. The molecule has 1 saturated heterocycles. The van der Waals surface area contributed by atoms with Gasteiger partial charge in [0.2, 0.25) is 0 Å². The van der Waals surface area contributed by atoms with Crippen LogP contribution in [0.3, 0.4) is 0 Å². The van der Waals surface area contributed by atoms with Crippen LogP contribution >= 0.6 is 0 Å². The van der Waals surface area contributed by atoms with Crippen molar-refractivity contribution in [3.05, 3.63) is 0 Å². The fourth-order valence-electron chi connectivity index (χ4n) is 1.88. The number of rotatable bonds is 1. The first kappa shape index (κ1) is 5.72. The van der Waals surface area contributed by atoms with Crippen LogP contribution in [-0.4, -0.2) is 11.6 Å². The first-order chi connectivity index (χ1) is 4.35. The zero-order valence-corrected chi connectivity index (χ0v) is 6.11. The van der Waals surface area contributed by atoms with Crippen molar-refractivity contribution in [2.75, 3.05) is 0 Å². The van der Waals surface area contributed by atoms with Gasteiger partial charge >= 0.3 is 0 Å². The molecule has 1 heterocycles. The molecule has 1 nitrogen and oxygen atoms in total. The van der Waals surface area contributed by atoms with Crippen molar-refractivity contribution in [2.24, 2.45) is 0 Å². The molecule has 1 saturated carbocycles. The predicted molar refractivity (Wildman–Crippen MR) is 38.4 cm³/mol. The zero-order valence-electron chi connectivity index (χ0n) is 6.11. The highest BCUT2D eigenvalue weighted by atomic mass is 15.1. The maximum atomic E-state index is 3.69. The third-order valence-corrected chi connectivity index (χ3v) is 2.83. The monoisotopic (exact) mass is 125 g/mol. The van der Waals surface area contributed by atoms with Crippen LogP contribution in [0.1, 0.15) is 39.0 Å². The summed E-state index contributed by atoms with van der Waals surface area (Å²) in [6.07, 6.45) is 7.09. The van der Waals surface area contributed by atoms with Crippen LogP contribution in [0.15, 0.2) is 0 Å². The van der Waals surface area contributed by atoms with E-state index in [0.717, 1.165) is 6.04 Å². The predicted octanol–water partition coefficient (Wildman–Crippen LogP) is 1.68. The van der Waals surface area contributed by atoms with Crippen LogP contribution in [0, 0.1) is 0 Å². The number of hydrogen-bond acceptors (Lipinski definition) is 1. The van der Waals surface area contributed by atoms with Gasteiger partial charge in [0.05, 0.1) is 0 Å².